The highest BCUT2D eigenvalue weighted by Crippen LogP contribution is 2.40. The Hall–Kier alpha value is -2.48. The van der Waals surface area contributed by atoms with Gasteiger partial charge in [-0.25, -0.2) is 0 Å². The van der Waals surface area contributed by atoms with Gasteiger partial charge in [-0.1, -0.05) is 12.1 Å². The molecule has 4 rings (SSSR count). The molecule has 7 heteroatoms. The highest BCUT2D eigenvalue weighted by molar-refractivity contribution is 5.48. The van der Waals surface area contributed by atoms with Crippen molar-refractivity contribution in [1.82, 2.24) is 5.32 Å². The van der Waals surface area contributed by atoms with Crippen LogP contribution in [0.25, 0.3) is 0 Å². The van der Waals surface area contributed by atoms with E-state index in [0.717, 1.165) is 5.56 Å². The van der Waals surface area contributed by atoms with Gasteiger partial charge in [0.2, 0.25) is 13.6 Å². The van der Waals surface area contributed by atoms with Crippen molar-refractivity contribution in [2.75, 3.05) is 26.7 Å². The summed E-state index contributed by atoms with van der Waals surface area (Å²) >= 11 is 0. The van der Waals surface area contributed by atoms with E-state index in [1.165, 1.54) is 0 Å². The maximum absolute atomic E-state index is 10.9. The summed E-state index contributed by atoms with van der Waals surface area (Å²) in [7, 11) is 0. The van der Waals surface area contributed by atoms with Gasteiger partial charge >= 0.3 is 0 Å². The minimum Gasteiger partial charge on any atom is -0.454 e. The molecule has 3 N–H and O–H groups in total. The van der Waals surface area contributed by atoms with Crippen LogP contribution in [0.15, 0.2) is 36.4 Å². The Balaban J connectivity index is 1.64. The van der Waals surface area contributed by atoms with Crippen molar-refractivity contribution in [3.8, 4) is 23.0 Å². The smallest absolute Gasteiger partial charge is 0.231 e. The molecule has 2 aliphatic rings. The molecule has 2 aromatic rings. The van der Waals surface area contributed by atoms with Crippen molar-refractivity contribution >= 4 is 0 Å². The molecule has 0 spiro atoms. The van der Waals surface area contributed by atoms with Crippen LogP contribution in [0, 0.1) is 0 Å². The summed E-state index contributed by atoms with van der Waals surface area (Å²) in [5.41, 5.74) is 1.53. The number of benzene rings is 2. The fourth-order valence-electron chi connectivity index (χ4n) is 3.03. The van der Waals surface area contributed by atoms with Gasteiger partial charge in [0.25, 0.3) is 0 Å². The third-order valence-corrected chi connectivity index (χ3v) is 4.29. The van der Waals surface area contributed by atoms with Gasteiger partial charge < -0.3 is 34.5 Å². The van der Waals surface area contributed by atoms with Crippen LogP contribution in [0.4, 0.5) is 0 Å². The first-order chi connectivity index (χ1) is 12.3. The Labute approximate surface area is 144 Å². The molecule has 2 aromatic carbocycles. The van der Waals surface area contributed by atoms with Crippen LogP contribution < -0.4 is 24.3 Å². The van der Waals surface area contributed by atoms with E-state index < -0.39 is 12.1 Å². The molecular formula is C18H19NO6. The van der Waals surface area contributed by atoms with E-state index in [1.54, 1.807) is 18.2 Å². The van der Waals surface area contributed by atoms with Crippen LogP contribution in [0.5, 0.6) is 23.0 Å². The van der Waals surface area contributed by atoms with E-state index in [9.17, 15) is 10.2 Å². The fraction of sp³-hybridized carbons (Fsp3) is 0.333. The minimum absolute atomic E-state index is 0.0328. The van der Waals surface area contributed by atoms with E-state index in [4.69, 9.17) is 18.9 Å². The molecule has 0 aromatic heterocycles. The highest BCUT2D eigenvalue weighted by atomic mass is 16.7. The SMILES string of the molecule is OCCNC(c1ccc2c(c1)OCO2)C(O)c1ccc2c(c1)OCO2. The van der Waals surface area contributed by atoms with Gasteiger partial charge in [-0.2, -0.15) is 0 Å². The summed E-state index contributed by atoms with van der Waals surface area (Å²) in [6.07, 6.45) is -0.846. The number of ether oxygens (including phenoxy) is 4. The summed E-state index contributed by atoms with van der Waals surface area (Å²) in [4.78, 5) is 0. The zero-order valence-electron chi connectivity index (χ0n) is 13.5. The standard InChI is InChI=1S/C18H19NO6/c20-6-5-19-17(11-1-3-13-15(7-11)24-9-22-13)18(21)12-2-4-14-16(8-12)25-10-23-14/h1-4,7-8,17-21H,5-6,9-10H2. The molecule has 0 saturated carbocycles. The second-order valence-corrected chi connectivity index (χ2v) is 5.83. The average molecular weight is 345 g/mol. The molecule has 132 valence electrons. The van der Waals surface area contributed by atoms with Crippen LogP contribution in [-0.2, 0) is 0 Å². The van der Waals surface area contributed by atoms with Gasteiger partial charge in [0, 0.05) is 6.54 Å². The molecule has 0 saturated heterocycles. The normalized spacial score (nSPS) is 16.7. The number of nitrogens with one attached hydrogen (secondary N) is 1. The van der Waals surface area contributed by atoms with Gasteiger partial charge in [-0.15, -0.1) is 0 Å². The van der Waals surface area contributed by atoms with Crippen molar-refractivity contribution in [3.63, 3.8) is 0 Å². The van der Waals surface area contributed by atoms with Crippen molar-refractivity contribution < 1.29 is 29.2 Å². The van der Waals surface area contributed by atoms with E-state index in [2.05, 4.69) is 5.32 Å². The van der Waals surface area contributed by atoms with Crippen molar-refractivity contribution in [1.29, 1.82) is 0 Å². The molecule has 0 fully saturated rings. The second-order valence-electron chi connectivity index (χ2n) is 5.83. The lowest BCUT2D eigenvalue weighted by molar-refractivity contribution is 0.124. The van der Waals surface area contributed by atoms with Gasteiger partial charge in [-0.3, -0.25) is 0 Å². The highest BCUT2D eigenvalue weighted by Gasteiger charge is 2.26. The lowest BCUT2D eigenvalue weighted by atomic mass is 9.95. The summed E-state index contributed by atoms with van der Waals surface area (Å²) in [5.74, 6) is 2.61. The Morgan fingerprint density at radius 2 is 1.40 bits per heavy atom. The number of rotatable bonds is 6. The van der Waals surface area contributed by atoms with E-state index in [0.29, 0.717) is 35.1 Å². The Kier molecular flexibility index (Phi) is 4.35. The lowest BCUT2D eigenvalue weighted by Gasteiger charge is -2.25. The molecule has 2 heterocycles. The fourth-order valence-corrected chi connectivity index (χ4v) is 3.03. The summed E-state index contributed by atoms with van der Waals surface area (Å²) < 4.78 is 21.5. The lowest BCUT2D eigenvalue weighted by Crippen LogP contribution is -2.29. The van der Waals surface area contributed by atoms with Crippen LogP contribution in [0.3, 0.4) is 0 Å². The van der Waals surface area contributed by atoms with E-state index in [1.807, 2.05) is 18.2 Å². The predicted octanol–water partition coefficient (Wildman–Crippen LogP) is 1.50. The minimum atomic E-state index is -0.846. The van der Waals surface area contributed by atoms with Gasteiger partial charge in [0.1, 0.15) is 0 Å². The van der Waals surface area contributed by atoms with Crippen LogP contribution in [-0.4, -0.2) is 37.0 Å². The molecule has 25 heavy (non-hydrogen) atoms. The molecule has 0 bridgehead atoms. The predicted molar refractivity (Wildman–Crippen MR) is 87.9 cm³/mol. The first kappa shape index (κ1) is 16.0. The van der Waals surface area contributed by atoms with Crippen molar-refractivity contribution in [3.05, 3.63) is 47.5 Å². The maximum atomic E-state index is 10.9. The molecule has 2 aliphatic heterocycles. The molecule has 2 atom stereocenters. The monoisotopic (exact) mass is 345 g/mol. The van der Waals surface area contributed by atoms with E-state index >= 15 is 0 Å². The zero-order valence-corrected chi connectivity index (χ0v) is 13.5. The number of fused-ring (bicyclic) bond motifs is 2. The summed E-state index contributed by atoms with van der Waals surface area (Å²) in [6, 6.07) is 10.5. The number of aliphatic hydroxyl groups is 2. The molecule has 0 amide bonds. The Morgan fingerprint density at radius 3 is 2.04 bits per heavy atom. The summed E-state index contributed by atoms with van der Waals surface area (Å²) in [5, 5.41) is 23.3. The van der Waals surface area contributed by atoms with Crippen LogP contribution in [0.2, 0.25) is 0 Å². The number of aliphatic hydroxyl groups excluding tert-OH is 2. The largest absolute Gasteiger partial charge is 0.454 e. The first-order valence-corrected chi connectivity index (χ1v) is 8.07. The Morgan fingerprint density at radius 1 is 0.840 bits per heavy atom. The van der Waals surface area contributed by atoms with Crippen molar-refractivity contribution in [2.24, 2.45) is 0 Å². The second kappa shape index (κ2) is 6.79. The third-order valence-electron chi connectivity index (χ3n) is 4.29. The average Bonchev–Trinajstić information content (AvgIpc) is 3.29. The van der Waals surface area contributed by atoms with Gasteiger partial charge in [0.15, 0.2) is 23.0 Å². The van der Waals surface area contributed by atoms with Gasteiger partial charge in [0.05, 0.1) is 18.8 Å². The topological polar surface area (TPSA) is 89.4 Å². The molecule has 0 radical (unpaired) electrons. The number of hydrogen-bond donors (Lipinski definition) is 3. The molecule has 0 aliphatic carbocycles. The van der Waals surface area contributed by atoms with Crippen LogP contribution in [0.1, 0.15) is 23.3 Å². The Bertz CT molecular complexity index is 765. The maximum Gasteiger partial charge on any atom is 0.231 e. The van der Waals surface area contributed by atoms with E-state index in [-0.39, 0.29) is 20.2 Å². The van der Waals surface area contributed by atoms with Crippen LogP contribution >= 0.6 is 0 Å². The first-order valence-electron chi connectivity index (χ1n) is 8.07. The van der Waals surface area contributed by atoms with Crippen molar-refractivity contribution in [2.45, 2.75) is 12.1 Å². The zero-order chi connectivity index (χ0) is 17.2. The molecular weight excluding hydrogens is 326 g/mol. The molecule has 2 unspecified atom stereocenters. The number of hydrogen-bond acceptors (Lipinski definition) is 7. The summed E-state index contributed by atoms with van der Waals surface area (Å²) in [6.45, 7) is 0.692. The molecule has 7 nitrogen and oxygen atoms in total. The third kappa shape index (κ3) is 3.09. The quantitative estimate of drug-likeness (QED) is 0.731. The van der Waals surface area contributed by atoms with Gasteiger partial charge in [-0.05, 0) is 35.4 Å².